The Hall–Kier alpha value is -2.23. The van der Waals surface area contributed by atoms with Gasteiger partial charge in [-0.05, 0) is 51.4 Å². The van der Waals surface area contributed by atoms with Gasteiger partial charge in [0.05, 0.1) is 37.1 Å². The highest BCUT2D eigenvalue weighted by atomic mass is 31.2. The number of phosphoric ester groups is 2. The fraction of sp³-hybridized carbons (Fsp3) is 0.800. The second-order valence-corrected chi connectivity index (χ2v) is 20.0. The third-order valence-electron chi connectivity index (χ3n) is 11.6. The molecule has 0 aromatic heterocycles. The van der Waals surface area contributed by atoms with Gasteiger partial charge < -0.3 is 59.9 Å². The zero-order valence-electron chi connectivity index (χ0n) is 38.9. The van der Waals surface area contributed by atoms with Crippen molar-refractivity contribution in [2.45, 2.75) is 203 Å². The van der Waals surface area contributed by atoms with Gasteiger partial charge in [-0.1, -0.05) is 95.2 Å². The Bertz CT molecular complexity index is 1620. The average Bonchev–Trinajstić information content (AvgIpc) is 3.26. The first-order valence-corrected chi connectivity index (χ1v) is 26.7. The zero-order valence-corrected chi connectivity index (χ0v) is 40.7. The lowest BCUT2D eigenvalue weighted by Crippen LogP contribution is -2.56. The molecule has 0 amide bonds. The molecule has 1 heterocycles. The number of phosphoric acid groups is 2. The summed E-state index contributed by atoms with van der Waals surface area (Å²) in [5.41, 5.74) is 0. The van der Waals surface area contributed by atoms with Crippen molar-refractivity contribution in [3.8, 4) is 0 Å². The first-order valence-electron chi connectivity index (χ1n) is 23.7. The van der Waals surface area contributed by atoms with E-state index < -0.39 is 132 Å². The van der Waals surface area contributed by atoms with E-state index in [0.717, 1.165) is 76.4 Å². The Kier molecular flexibility index (Phi) is 29.6. The summed E-state index contributed by atoms with van der Waals surface area (Å²) in [6, 6.07) is 0. The Balaban J connectivity index is 2.40. The van der Waals surface area contributed by atoms with Crippen molar-refractivity contribution < 1.29 is 97.0 Å². The van der Waals surface area contributed by atoms with Crippen molar-refractivity contribution in [1.82, 2.24) is 0 Å². The van der Waals surface area contributed by atoms with Gasteiger partial charge in [-0.2, -0.15) is 0 Å². The molecule has 0 radical (unpaired) electrons. The lowest BCUT2D eigenvalue weighted by molar-refractivity contribution is -0.166. The Morgan fingerprint density at radius 3 is 2.19 bits per heavy atom. The number of cyclic esters (lactones) is 1. The monoisotopic (exact) mass is 1000 g/mol. The highest BCUT2D eigenvalue weighted by molar-refractivity contribution is 7.47. The number of fused-ring (bicyclic) bond motifs is 4. The second-order valence-electron chi connectivity index (χ2n) is 17.4. The zero-order chi connectivity index (χ0) is 50.0. The van der Waals surface area contributed by atoms with Crippen LogP contribution in [0.4, 0.5) is 0 Å². The second kappa shape index (κ2) is 32.6. The fourth-order valence-corrected chi connectivity index (χ4v) is 9.35. The number of carbonyl (C=O) groups is 3. The number of aliphatic hydroxyl groups is 7. The van der Waals surface area contributed by atoms with Crippen LogP contribution in [-0.4, -0.2) is 142 Å². The van der Waals surface area contributed by atoms with E-state index in [1.807, 2.05) is 6.92 Å². The molecule has 10 N–H and O–H groups in total. The molecule has 1 aliphatic carbocycles. The summed E-state index contributed by atoms with van der Waals surface area (Å²) >= 11 is 0. The molecular weight excluding hydrogens is 922 g/mol. The molecule has 13 atom stereocenters. The number of esters is 2. The van der Waals surface area contributed by atoms with Crippen LogP contribution in [0.2, 0.25) is 0 Å². The summed E-state index contributed by atoms with van der Waals surface area (Å²) in [7, 11) is -11.5. The normalized spacial score (nSPS) is 32.0. The quantitative estimate of drug-likeness (QED) is 0.0313. The minimum absolute atomic E-state index is 0.0127. The van der Waals surface area contributed by atoms with Gasteiger partial charge in [-0.3, -0.25) is 28.0 Å². The van der Waals surface area contributed by atoms with E-state index in [4.69, 9.17) is 23.0 Å². The summed E-state index contributed by atoms with van der Waals surface area (Å²) in [5, 5.41) is 79.5. The van der Waals surface area contributed by atoms with Crippen molar-refractivity contribution in [3.05, 3.63) is 36.5 Å². The predicted molar refractivity (Wildman–Crippen MR) is 244 cm³/mol. The molecule has 67 heavy (non-hydrogen) atoms. The van der Waals surface area contributed by atoms with Crippen molar-refractivity contribution in [3.63, 3.8) is 0 Å². The Labute approximate surface area is 394 Å². The third kappa shape index (κ3) is 24.9. The van der Waals surface area contributed by atoms with Crippen LogP contribution in [-0.2, 0) is 46.6 Å². The summed E-state index contributed by atoms with van der Waals surface area (Å²) in [4.78, 5) is 69.8. The van der Waals surface area contributed by atoms with Crippen LogP contribution in [0, 0.1) is 11.8 Å². The van der Waals surface area contributed by atoms with E-state index in [0.29, 0.717) is 12.8 Å². The molecule has 0 aromatic rings. The maximum atomic E-state index is 13.7. The van der Waals surface area contributed by atoms with Crippen molar-refractivity contribution in [2.24, 2.45) is 11.8 Å². The van der Waals surface area contributed by atoms with Gasteiger partial charge in [0, 0.05) is 43.9 Å². The number of carbonyl (C=O) groups excluding carboxylic acids is 3. The standard InChI is InChI=1S/C45H78O20P2/c1-3-5-7-8-9-10-11-12-13-14-15-16-18-23-38(50)61-29-33-30-62-67(59,60)65-45-43(55)42(54)40(52)35(27-32(47)22-19-20-24-39(51)63-33)37(49)28-36(48)34(26-25-31(46)21-17-6-4-2)41(53)44(45)64-66(56,57)58/h7-8,10-11,25-26,31,33-37,40-46,48-49,52-55H,3-6,9,12-24,27-30H2,1-2H3,(H,59,60)(H2,56,57,58)/b8-7-,11-10-,26-25?/t31-,33+,34-,35-,36+,37-,40+,41+,42-,43+,44+,45-/m0/s1. The molecule has 20 nitrogen and oxygen atoms in total. The van der Waals surface area contributed by atoms with E-state index >= 15 is 0 Å². The molecule has 1 saturated heterocycles. The Morgan fingerprint density at radius 2 is 1.51 bits per heavy atom. The maximum Gasteiger partial charge on any atom is 0.472 e. The molecule has 2 aliphatic rings. The predicted octanol–water partition coefficient (Wildman–Crippen LogP) is 4.29. The van der Waals surface area contributed by atoms with Crippen LogP contribution in [0.3, 0.4) is 0 Å². The summed E-state index contributed by atoms with van der Waals surface area (Å²) < 4.78 is 51.9. The van der Waals surface area contributed by atoms with E-state index in [2.05, 4.69) is 31.2 Å². The first-order chi connectivity index (χ1) is 31.7. The molecule has 22 heteroatoms. The number of ketones is 1. The molecule has 2 rings (SSSR count). The summed E-state index contributed by atoms with van der Waals surface area (Å²) in [5.74, 6) is -5.59. The van der Waals surface area contributed by atoms with Crippen LogP contribution in [0.15, 0.2) is 36.5 Å². The highest BCUT2D eigenvalue weighted by Crippen LogP contribution is 2.50. The molecule has 1 saturated carbocycles. The highest BCUT2D eigenvalue weighted by Gasteiger charge is 2.52. The van der Waals surface area contributed by atoms with Crippen LogP contribution in [0.1, 0.15) is 142 Å². The molecule has 1 unspecified atom stereocenters. The van der Waals surface area contributed by atoms with Gasteiger partial charge in [0.25, 0.3) is 0 Å². The van der Waals surface area contributed by atoms with Crippen molar-refractivity contribution >= 4 is 33.4 Å². The maximum absolute atomic E-state index is 13.7. The van der Waals surface area contributed by atoms with E-state index in [1.54, 1.807) is 0 Å². The minimum Gasteiger partial charge on any atom is -0.462 e. The Morgan fingerprint density at radius 1 is 0.836 bits per heavy atom. The van der Waals surface area contributed by atoms with E-state index in [1.165, 1.54) is 0 Å². The number of allylic oxidation sites excluding steroid dienone is 4. The van der Waals surface area contributed by atoms with Crippen LogP contribution >= 0.6 is 15.6 Å². The smallest absolute Gasteiger partial charge is 0.462 e. The van der Waals surface area contributed by atoms with Crippen LogP contribution in [0.25, 0.3) is 0 Å². The van der Waals surface area contributed by atoms with Crippen LogP contribution in [0.5, 0.6) is 0 Å². The molecule has 388 valence electrons. The number of unbranched alkanes of at least 4 members (excludes halogenated alkanes) is 8. The molecule has 0 aromatic carbocycles. The van der Waals surface area contributed by atoms with Gasteiger partial charge in [-0.15, -0.1) is 0 Å². The van der Waals surface area contributed by atoms with Crippen molar-refractivity contribution in [1.29, 1.82) is 0 Å². The molecule has 2 fully saturated rings. The number of rotatable bonds is 22. The lowest BCUT2D eigenvalue weighted by Gasteiger charge is -2.38. The van der Waals surface area contributed by atoms with E-state index in [-0.39, 0.29) is 38.5 Å². The third-order valence-corrected chi connectivity index (χ3v) is 13.1. The lowest BCUT2D eigenvalue weighted by atomic mass is 9.82. The molecule has 1 aliphatic heterocycles. The summed E-state index contributed by atoms with van der Waals surface area (Å²) in [6.45, 7) is 2.37. The van der Waals surface area contributed by atoms with Gasteiger partial charge in [0.2, 0.25) is 0 Å². The minimum atomic E-state index is -5.81. The van der Waals surface area contributed by atoms with Gasteiger partial charge in [0.1, 0.15) is 36.8 Å². The van der Waals surface area contributed by atoms with Crippen molar-refractivity contribution in [2.75, 3.05) is 13.2 Å². The molecule has 2 bridgehead atoms. The van der Waals surface area contributed by atoms with Gasteiger partial charge in [0.15, 0.2) is 6.10 Å². The topological polar surface area (TPSA) is 334 Å². The van der Waals surface area contributed by atoms with Gasteiger partial charge >= 0.3 is 27.6 Å². The fourth-order valence-electron chi connectivity index (χ4n) is 7.82. The number of hydrogen-bond donors (Lipinski definition) is 10. The average molecular weight is 1000 g/mol. The number of aliphatic hydroxyl groups excluding tert-OH is 7. The molecular formula is C45H78O20P2. The number of ether oxygens (including phenoxy) is 2. The SMILES string of the molecule is CCC/C=C\C/C=C\CCCCCCCC(=O)OC[C@@H]1COP(=O)(O)O[C@H]2[C@H](O)[C@@H](O)[C@H](O)[C@@H](CC(=O)CCCCC(=O)O1)[C@@H](O)C[C@@H](O)[C@H](C=C[C@@H](O)CCCCC)[C@@H](O)[C@H]2OP(=O)(O)O. The molecule has 0 spiro atoms. The largest absolute Gasteiger partial charge is 0.472 e. The van der Waals surface area contributed by atoms with Crippen LogP contribution < -0.4 is 0 Å². The first kappa shape index (κ1) is 60.9. The summed E-state index contributed by atoms with van der Waals surface area (Å²) in [6.07, 6.45) is -2.45. The van der Waals surface area contributed by atoms with E-state index in [9.17, 15) is 73.9 Å². The number of Topliss-reactive ketones (excluding diaryl/α,β-unsaturated/α-hetero) is 1. The number of hydrogen-bond acceptors (Lipinski definition) is 17. The van der Waals surface area contributed by atoms with Gasteiger partial charge in [-0.25, -0.2) is 9.13 Å².